The summed E-state index contributed by atoms with van der Waals surface area (Å²) in [5, 5.41) is 2.67. The van der Waals surface area contributed by atoms with Crippen molar-refractivity contribution in [2.75, 3.05) is 25.0 Å². The second-order valence-corrected chi connectivity index (χ2v) is 7.56. The summed E-state index contributed by atoms with van der Waals surface area (Å²) in [4.78, 5) is 21.2. The van der Waals surface area contributed by atoms with Crippen LogP contribution in [0.4, 0.5) is 23.7 Å². The monoisotopic (exact) mass is 420 g/mol. The van der Waals surface area contributed by atoms with Crippen LogP contribution in [0.5, 0.6) is 0 Å². The Balaban J connectivity index is 1.75. The van der Waals surface area contributed by atoms with Crippen molar-refractivity contribution in [3.05, 3.63) is 59.9 Å². The molecule has 0 radical (unpaired) electrons. The van der Waals surface area contributed by atoms with Gasteiger partial charge in [-0.05, 0) is 61.7 Å². The summed E-state index contributed by atoms with van der Waals surface area (Å²) >= 11 is 0. The first-order valence-corrected chi connectivity index (χ1v) is 10.2. The predicted octanol–water partition coefficient (Wildman–Crippen LogP) is 5.01. The van der Waals surface area contributed by atoms with Crippen molar-refractivity contribution in [1.29, 1.82) is 0 Å². The number of hydrogen-bond acceptors (Lipinski definition) is 3. The minimum atomic E-state index is -4.45. The summed E-state index contributed by atoms with van der Waals surface area (Å²) in [5.41, 5.74) is 0.284. The highest BCUT2D eigenvalue weighted by Gasteiger charge is 2.31. The minimum absolute atomic E-state index is 0.0251. The zero-order valence-electron chi connectivity index (χ0n) is 17.0. The van der Waals surface area contributed by atoms with Crippen LogP contribution >= 0.6 is 0 Å². The highest BCUT2D eigenvalue weighted by Crippen LogP contribution is 2.31. The van der Waals surface area contributed by atoms with Gasteiger partial charge in [-0.3, -0.25) is 4.98 Å². The number of likely N-dealkylation sites (tertiary alicyclic amines) is 1. The Kier molecular flexibility index (Phi) is 7.31. The molecule has 162 valence electrons. The van der Waals surface area contributed by atoms with E-state index in [-0.39, 0.29) is 17.8 Å². The molecule has 1 N–H and O–H groups in total. The number of carbonyl (C=O) groups is 1. The lowest BCUT2D eigenvalue weighted by molar-refractivity contribution is -0.137. The van der Waals surface area contributed by atoms with E-state index in [2.05, 4.69) is 22.1 Å². The van der Waals surface area contributed by atoms with Gasteiger partial charge in [-0.1, -0.05) is 13.0 Å². The van der Waals surface area contributed by atoms with Gasteiger partial charge in [-0.25, -0.2) is 4.79 Å². The Labute approximate surface area is 174 Å². The largest absolute Gasteiger partial charge is 0.416 e. The first-order valence-electron chi connectivity index (χ1n) is 10.2. The molecule has 30 heavy (non-hydrogen) atoms. The predicted molar refractivity (Wildman–Crippen MR) is 110 cm³/mol. The lowest BCUT2D eigenvalue weighted by Gasteiger charge is -2.38. The number of alkyl halides is 3. The fraction of sp³-hybridized carbons (Fsp3) is 0.455. The molecular weight excluding hydrogens is 393 g/mol. The molecule has 8 heteroatoms. The SMILES string of the molecule is CCCN1CCC(N(Cc2ccncc2)C(=O)Nc2cccc(C(F)(F)F)c2)CC1. The van der Waals surface area contributed by atoms with Crippen LogP contribution in [0.2, 0.25) is 0 Å². The van der Waals surface area contributed by atoms with Crippen LogP contribution in [0.25, 0.3) is 0 Å². The van der Waals surface area contributed by atoms with E-state index in [9.17, 15) is 18.0 Å². The third-order valence-electron chi connectivity index (χ3n) is 5.34. The Morgan fingerprint density at radius 3 is 2.53 bits per heavy atom. The van der Waals surface area contributed by atoms with E-state index in [0.29, 0.717) is 6.54 Å². The van der Waals surface area contributed by atoms with Crippen molar-refractivity contribution in [2.45, 2.75) is 44.9 Å². The first kappa shape index (κ1) is 22.1. The molecule has 2 amide bonds. The van der Waals surface area contributed by atoms with Crippen molar-refractivity contribution >= 4 is 11.7 Å². The fourth-order valence-corrected chi connectivity index (χ4v) is 3.79. The molecule has 1 aromatic heterocycles. The first-order chi connectivity index (χ1) is 14.4. The summed E-state index contributed by atoms with van der Waals surface area (Å²) in [6.07, 6.45) is 1.64. The molecule has 1 aliphatic rings. The quantitative estimate of drug-likeness (QED) is 0.715. The van der Waals surface area contributed by atoms with Crippen molar-refractivity contribution in [2.24, 2.45) is 0 Å². The van der Waals surface area contributed by atoms with Gasteiger partial charge in [0.2, 0.25) is 0 Å². The second kappa shape index (κ2) is 9.93. The Bertz CT molecular complexity index is 821. The maximum absolute atomic E-state index is 13.1. The Morgan fingerprint density at radius 2 is 1.90 bits per heavy atom. The van der Waals surface area contributed by atoms with Gasteiger partial charge >= 0.3 is 12.2 Å². The summed E-state index contributed by atoms with van der Waals surface area (Å²) in [5.74, 6) is 0. The zero-order valence-corrected chi connectivity index (χ0v) is 17.0. The summed E-state index contributed by atoms with van der Waals surface area (Å²) in [6, 6.07) is 8.06. The number of anilines is 1. The summed E-state index contributed by atoms with van der Waals surface area (Å²) in [6.45, 7) is 5.37. The average Bonchev–Trinajstić information content (AvgIpc) is 2.73. The highest BCUT2D eigenvalue weighted by molar-refractivity contribution is 5.89. The fourth-order valence-electron chi connectivity index (χ4n) is 3.79. The van der Waals surface area contributed by atoms with Gasteiger partial charge in [0.1, 0.15) is 0 Å². The van der Waals surface area contributed by atoms with E-state index in [4.69, 9.17) is 0 Å². The molecule has 0 unspecified atom stereocenters. The number of halogens is 3. The van der Waals surface area contributed by atoms with Crippen molar-refractivity contribution in [3.63, 3.8) is 0 Å². The smallest absolute Gasteiger partial charge is 0.317 e. The van der Waals surface area contributed by atoms with E-state index in [0.717, 1.165) is 56.6 Å². The van der Waals surface area contributed by atoms with E-state index in [1.807, 2.05) is 12.1 Å². The van der Waals surface area contributed by atoms with Gasteiger partial charge in [-0.2, -0.15) is 13.2 Å². The molecule has 0 spiro atoms. The lowest BCUT2D eigenvalue weighted by atomic mass is 10.0. The molecule has 5 nitrogen and oxygen atoms in total. The standard InChI is InChI=1S/C22H27F3N4O/c1-2-12-28-13-8-20(9-14-28)29(16-17-6-10-26-11-7-17)21(30)27-19-5-3-4-18(15-19)22(23,24)25/h3-7,10-11,15,20H,2,8-9,12-14,16H2,1H3,(H,27,30). The normalized spacial score (nSPS) is 15.7. The Morgan fingerprint density at radius 1 is 1.20 bits per heavy atom. The van der Waals surface area contributed by atoms with Crippen LogP contribution in [0.15, 0.2) is 48.8 Å². The Hall–Kier alpha value is -2.61. The van der Waals surface area contributed by atoms with Crippen LogP contribution in [0.1, 0.15) is 37.3 Å². The number of carbonyl (C=O) groups excluding carboxylic acids is 1. The number of rotatable bonds is 6. The summed E-state index contributed by atoms with van der Waals surface area (Å²) in [7, 11) is 0. The molecule has 1 aromatic carbocycles. The number of urea groups is 1. The maximum Gasteiger partial charge on any atom is 0.416 e. The van der Waals surface area contributed by atoms with Crippen LogP contribution < -0.4 is 5.32 Å². The maximum atomic E-state index is 13.1. The van der Waals surface area contributed by atoms with Gasteiger partial charge < -0.3 is 15.1 Å². The molecule has 0 saturated carbocycles. The van der Waals surface area contributed by atoms with E-state index in [1.165, 1.54) is 12.1 Å². The van der Waals surface area contributed by atoms with Crippen molar-refractivity contribution in [1.82, 2.24) is 14.8 Å². The number of nitrogens with zero attached hydrogens (tertiary/aromatic N) is 3. The molecule has 1 aliphatic heterocycles. The van der Waals surface area contributed by atoms with Crippen LogP contribution in [0.3, 0.4) is 0 Å². The highest BCUT2D eigenvalue weighted by atomic mass is 19.4. The van der Waals surface area contributed by atoms with Gasteiger partial charge in [0, 0.05) is 43.8 Å². The molecular formula is C22H27F3N4O. The van der Waals surface area contributed by atoms with Gasteiger partial charge in [-0.15, -0.1) is 0 Å². The molecule has 1 saturated heterocycles. The van der Waals surface area contributed by atoms with E-state index < -0.39 is 11.7 Å². The number of benzene rings is 1. The van der Waals surface area contributed by atoms with Gasteiger partial charge in [0.05, 0.1) is 5.56 Å². The molecule has 3 rings (SSSR count). The van der Waals surface area contributed by atoms with Crippen LogP contribution in [0, 0.1) is 0 Å². The van der Waals surface area contributed by atoms with Gasteiger partial charge in [0.15, 0.2) is 0 Å². The van der Waals surface area contributed by atoms with Gasteiger partial charge in [0.25, 0.3) is 0 Å². The van der Waals surface area contributed by atoms with E-state index in [1.54, 1.807) is 17.3 Å². The molecule has 0 bridgehead atoms. The molecule has 2 heterocycles. The zero-order chi connectivity index (χ0) is 21.6. The van der Waals surface area contributed by atoms with Crippen molar-refractivity contribution < 1.29 is 18.0 Å². The molecule has 0 atom stereocenters. The molecule has 0 aliphatic carbocycles. The molecule has 1 fully saturated rings. The topological polar surface area (TPSA) is 48.5 Å². The third-order valence-corrected chi connectivity index (χ3v) is 5.34. The van der Waals surface area contributed by atoms with Crippen LogP contribution in [-0.4, -0.2) is 46.5 Å². The van der Waals surface area contributed by atoms with E-state index >= 15 is 0 Å². The second-order valence-electron chi connectivity index (χ2n) is 7.56. The number of amides is 2. The number of piperidine rings is 1. The number of pyridine rings is 1. The molecule has 2 aromatic rings. The number of hydrogen-bond donors (Lipinski definition) is 1. The average molecular weight is 420 g/mol. The number of aromatic nitrogens is 1. The lowest BCUT2D eigenvalue weighted by Crippen LogP contribution is -2.48. The third kappa shape index (κ3) is 5.95. The van der Waals surface area contributed by atoms with Crippen LogP contribution in [-0.2, 0) is 12.7 Å². The summed E-state index contributed by atoms with van der Waals surface area (Å²) < 4.78 is 39.0. The minimum Gasteiger partial charge on any atom is -0.317 e. The van der Waals surface area contributed by atoms with Crippen molar-refractivity contribution in [3.8, 4) is 0 Å². The number of nitrogens with one attached hydrogen (secondary N) is 1.